The third kappa shape index (κ3) is 47.2. The van der Waals surface area contributed by atoms with E-state index in [1.165, 1.54) is 51.4 Å². The molecule has 2 atom stereocenters. The molecule has 2 unspecified atom stereocenters. The van der Waals surface area contributed by atoms with Crippen molar-refractivity contribution >= 4 is 35.8 Å². The van der Waals surface area contributed by atoms with Crippen LogP contribution in [0.1, 0.15) is 215 Å². The SMILES string of the molecule is CC(C)COC(=O)CCCCC(=O)OCC(C)C.CCCCC(CCCC(=O)O)C(=O)O.CCCCCCCCCCOC(=O)C(CCCCCC)CCCC(=O)O. The first-order valence-electron chi connectivity index (χ1n) is 22.7. The Labute approximate surface area is 352 Å². The first kappa shape index (κ1) is 59.1. The summed E-state index contributed by atoms with van der Waals surface area (Å²) in [4.78, 5) is 66.5. The predicted molar refractivity (Wildman–Crippen MR) is 230 cm³/mol. The van der Waals surface area contributed by atoms with Crippen molar-refractivity contribution in [1.29, 1.82) is 0 Å². The second-order valence-corrected chi connectivity index (χ2v) is 16.3. The molecular formula is C46H86O12. The van der Waals surface area contributed by atoms with E-state index in [4.69, 9.17) is 29.5 Å². The lowest BCUT2D eigenvalue weighted by Gasteiger charge is -2.15. The van der Waals surface area contributed by atoms with Crippen LogP contribution in [0.2, 0.25) is 0 Å². The molecule has 0 spiro atoms. The molecule has 0 radical (unpaired) electrons. The van der Waals surface area contributed by atoms with Crippen molar-refractivity contribution in [1.82, 2.24) is 0 Å². The van der Waals surface area contributed by atoms with Gasteiger partial charge in [0.2, 0.25) is 0 Å². The third-order valence-electron chi connectivity index (χ3n) is 9.29. The summed E-state index contributed by atoms with van der Waals surface area (Å²) in [5.41, 5.74) is 0. The second kappa shape index (κ2) is 43.4. The predicted octanol–water partition coefficient (Wildman–Crippen LogP) is 11.6. The molecule has 0 rings (SSSR count). The summed E-state index contributed by atoms with van der Waals surface area (Å²) >= 11 is 0. The molecule has 0 fully saturated rings. The Morgan fingerprint density at radius 3 is 1.21 bits per heavy atom. The van der Waals surface area contributed by atoms with Crippen LogP contribution in [0.15, 0.2) is 0 Å². The number of carboxylic acids is 3. The summed E-state index contributed by atoms with van der Waals surface area (Å²) in [7, 11) is 0. The number of esters is 3. The average molecular weight is 831 g/mol. The zero-order valence-electron chi connectivity index (χ0n) is 37.8. The van der Waals surface area contributed by atoms with Crippen LogP contribution in [0.3, 0.4) is 0 Å². The fourth-order valence-electron chi connectivity index (χ4n) is 5.77. The summed E-state index contributed by atoms with van der Waals surface area (Å²) in [6, 6.07) is 0. The van der Waals surface area contributed by atoms with Gasteiger partial charge in [0.25, 0.3) is 0 Å². The molecule has 0 aliphatic heterocycles. The van der Waals surface area contributed by atoms with E-state index in [0.29, 0.717) is 89.4 Å². The molecule has 0 aliphatic rings. The molecule has 0 saturated carbocycles. The third-order valence-corrected chi connectivity index (χ3v) is 9.29. The molecular weight excluding hydrogens is 744 g/mol. The Hall–Kier alpha value is -3.18. The molecule has 12 heteroatoms. The van der Waals surface area contributed by atoms with Gasteiger partial charge in [0, 0.05) is 25.7 Å². The summed E-state index contributed by atoms with van der Waals surface area (Å²) in [6.07, 6.45) is 22.1. The molecule has 0 aromatic carbocycles. The van der Waals surface area contributed by atoms with Gasteiger partial charge in [-0.15, -0.1) is 0 Å². The largest absolute Gasteiger partial charge is 0.481 e. The van der Waals surface area contributed by atoms with Gasteiger partial charge >= 0.3 is 35.8 Å². The van der Waals surface area contributed by atoms with Crippen LogP contribution >= 0.6 is 0 Å². The molecule has 0 aromatic rings. The number of carbonyl (C=O) groups is 6. The summed E-state index contributed by atoms with van der Waals surface area (Å²) in [5.74, 6) is -2.70. The normalized spacial score (nSPS) is 11.7. The van der Waals surface area contributed by atoms with E-state index in [1.807, 2.05) is 34.6 Å². The minimum Gasteiger partial charge on any atom is -0.481 e. The maximum Gasteiger partial charge on any atom is 0.308 e. The van der Waals surface area contributed by atoms with E-state index in [1.54, 1.807) is 0 Å². The highest BCUT2D eigenvalue weighted by molar-refractivity contribution is 5.73. The van der Waals surface area contributed by atoms with Crippen LogP contribution in [0.5, 0.6) is 0 Å². The molecule has 0 saturated heterocycles. The summed E-state index contributed by atoms with van der Waals surface area (Å²) < 4.78 is 15.5. The molecule has 12 nitrogen and oxygen atoms in total. The number of rotatable bonds is 36. The van der Waals surface area contributed by atoms with Crippen LogP contribution in [0, 0.1) is 23.7 Å². The number of carboxylic acid groups (broad SMARTS) is 3. The Morgan fingerprint density at radius 1 is 0.414 bits per heavy atom. The molecule has 0 heterocycles. The van der Waals surface area contributed by atoms with E-state index in [9.17, 15) is 28.8 Å². The Balaban J connectivity index is -0.000000826. The van der Waals surface area contributed by atoms with E-state index >= 15 is 0 Å². The van der Waals surface area contributed by atoms with Gasteiger partial charge in [-0.05, 0) is 69.6 Å². The van der Waals surface area contributed by atoms with Crippen LogP contribution in [-0.4, -0.2) is 71.0 Å². The number of ether oxygens (including phenoxy) is 3. The number of carbonyl (C=O) groups excluding carboxylic acids is 3. The van der Waals surface area contributed by atoms with Crippen LogP contribution in [0.25, 0.3) is 0 Å². The molecule has 3 N–H and O–H groups in total. The number of unbranched alkanes of at least 4 members (excludes halogenated alkanes) is 12. The Kier molecular flexibility index (Phi) is 44.2. The van der Waals surface area contributed by atoms with E-state index in [0.717, 1.165) is 44.9 Å². The summed E-state index contributed by atoms with van der Waals surface area (Å²) in [6.45, 7) is 15.8. The Morgan fingerprint density at radius 2 is 0.793 bits per heavy atom. The molecule has 0 bridgehead atoms. The van der Waals surface area contributed by atoms with Gasteiger partial charge in [0.15, 0.2) is 0 Å². The van der Waals surface area contributed by atoms with Crippen molar-refractivity contribution in [2.45, 2.75) is 215 Å². The molecule has 0 amide bonds. The highest BCUT2D eigenvalue weighted by Crippen LogP contribution is 2.20. The van der Waals surface area contributed by atoms with E-state index in [2.05, 4.69) is 13.8 Å². The molecule has 342 valence electrons. The number of hydrogen-bond donors (Lipinski definition) is 3. The fourth-order valence-corrected chi connectivity index (χ4v) is 5.77. The van der Waals surface area contributed by atoms with Gasteiger partial charge in [-0.1, -0.05) is 132 Å². The minimum atomic E-state index is -0.857. The Bertz CT molecular complexity index is 1000. The lowest BCUT2D eigenvalue weighted by Crippen LogP contribution is -2.19. The van der Waals surface area contributed by atoms with Crippen molar-refractivity contribution in [2.75, 3.05) is 19.8 Å². The van der Waals surface area contributed by atoms with Crippen molar-refractivity contribution in [2.24, 2.45) is 23.7 Å². The van der Waals surface area contributed by atoms with Gasteiger partial charge in [0.1, 0.15) is 0 Å². The smallest absolute Gasteiger partial charge is 0.308 e. The maximum atomic E-state index is 12.3. The van der Waals surface area contributed by atoms with Crippen LogP contribution in [0.4, 0.5) is 0 Å². The van der Waals surface area contributed by atoms with Crippen molar-refractivity contribution < 1.29 is 58.3 Å². The lowest BCUT2D eigenvalue weighted by molar-refractivity contribution is -0.150. The first-order chi connectivity index (χ1) is 27.6. The van der Waals surface area contributed by atoms with Gasteiger partial charge in [-0.3, -0.25) is 28.8 Å². The van der Waals surface area contributed by atoms with Crippen LogP contribution < -0.4 is 0 Å². The number of aliphatic carboxylic acids is 3. The van der Waals surface area contributed by atoms with Gasteiger partial charge in [-0.2, -0.15) is 0 Å². The lowest BCUT2D eigenvalue weighted by atomic mass is 9.95. The monoisotopic (exact) mass is 831 g/mol. The quantitative estimate of drug-likeness (QED) is 0.0308. The molecule has 0 aliphatic carbocycles. The standard InChI is InChI=1S/C22H42O4.C14H26O4.C10H18O4/c1-3-5-7-9-10-11-12-14-19-26-22(25)20(16-13-8-6-4-2)17-15-18-21(23)24;1-11(2)9-17-13(15)7-5-6-8-14(16)18-10-12(3)4;1-2-3-5-8(10(13)14)6-4-7-9(11)12/h20H,3-19H2,1-2H3,(H,23,24);11-12H,5-10H2,1-4H3;8H,2-7H2,1H3,(H,11,12)(H,13,14). The zero-order chi connectivity index (χ0) is 44.4. The van der Waals surface area contributed by atoms with Crippen LogP contribution in [-0.2, 0) is 43.0 Å². The van der Waals surface area contributed by atoms with Crippen molar-refractivity contribution in [3.05, 3.63) is 0 Å². The maximum absolute atomic E-state index is 12.3. The number of hydrogen-bond acceptors (Lipinski definition) is 9. The van der Waals surface area contributed by atoms with Gasteiger partial charge in [-0.25, -0.2) is 0 Å². The zero-order valence-corrected chi connectivity index (χ0v) is 37.8. The topological polar surface area (TPSA) is 191 Å². The highest BCUT2D eigenvalue weighted by atomic mass is 16.5. The first-order valence-corrected chi connectivity index (χ1v) is 22.7. The van der Waals surface area contributed by atoms with Gasteiger partial charge in [0.05, 0.1) is 31.7 Å². The minimum absolute atomic E-state index is 0.0654. The molecule has 58 heavy (non-hydrogen) atoms. The average Bonchev–Trinajstić information content (AvgIpc) is 3.16. The fraction of sp³-hybridized carbons (Fsp3) is 0.870. The highest BCUT2D eigenvalue weighted by Gasteiger charge is 2.20. The van der Waals surface area contributed by atoms with Crippen molar-refractivity contribution in [3.63, 3.8) is 0 Å². The summed E-state index contributed by atoms with van der Waals surface area (Å²) in [5, 5.41) is 26.0. The van der Waals surface area contributed by atoms with E-state index < -0.39 is 17.9 Å². The second-order valence-electron chi connectivity index (χ2n) is 16.3. The van der Waals surface area contributed by atoms with Crippen molar-refractivity contribution in [3.8, 4) is 0 Å². The van der Waals surface area contributed by atoms with Gasteiger partial charge < -0.3 is 29.5 Å². The molecule has 0 aromatic heterocycles. The van der Waals surface area contributed by atoms with E-state index in [-0.39, 0.29) is 42.6 Å².